The van der Waals surface area contributed by atoms with Gasteiger partial charge in [0.2, 0.25) is 0 Å². The van der Waals surface area contributed by atoms with Crippen molar-refractivity contribution < 1.29 is 19.0 Å². The number of urea groups is 1. The van der Waals surface area contributed by atoms with Gasteiger partial charge in [0, 0.05) is 20.1 Å². The van der Waals surface area contributed by atoms with E-state index in [0.717, 1.165) is 44.2 Å². The van der Waals surface area contributed by atoms with Crippen molar-refractivity contribution in [3.63, 3.8) is 0 Å². The third-order valence-electron chi connectivity index (χ3n) is 6.28. The Morgan fingerprint density at radius 1 is 1.23 bits per heavy atom. The molecule has 0 aromatic heterocycles. The number of aliphatic hydroxyl groups is 1. The van der Waals surface area contributed by atoms with E-state index in [9.17, 15) is 14.3 Å². The van der Waals surface area contributed by atoms with E-state index in [1.165, 1.54) is 11.6 Å². The van der Waals surface area contributed by atoms with Crippen LogP contribution in [0.2, 0.25) is 0 Å². The largest absolute Gasteiger partial charge is 0.488 e. The fourth-order valence-corrected chi connectivity index (χ4v) is 3.97. The zero-order valence-corrected chi connectivity index (χ0v) is 21.7. The fraction of sp³-hybridized carbons (Fsp3) is 0.593. The molecule has 35 heavy (non-hydrogen) atoms. The van der Waals surface area contributed by atoms with Gasteiger partial charge in [-0.15, -0.1) is 0 Å². The number of ether oxygens (including phenoxy) is 1. The molecule has 0 aliphatic heterocycles. The third kappa shape index (κ3) is 8.05. The highest BCUT2D eigenvalue weighted by Crippen LogP contribution is 2.46. The Balaban J connectivity index is 1.46. The van der Waals surface area contributed by atoms with E-state index in [4.69, 9.17) is 4.74 Å². The quantitative estimate of drug-likeness (QED) is 0.190. The minimum Gasteiger partial charge on any atom is -0.488 e. The third-order valence-corrected chi connectivity index (χ3v) is 6.28. The number of halogens is 1. The molecular formula is C27H41FN4O3. The van der Waals surface area contributed by atoms with Gasteiger partial charge < -0.3 is 20.1 Å². The maximum atomic E-state index is 14.2. The molecule has 2 aliphatic rings. The molecule has 0 atom stereocenters. The molecular weight excluding hydrogens is 447 g/mol. The van der Waals surface area contributed by atoms with Crippen molar-refractivity contribution in [2.75, 3.05) is 26.7 Å². The van der Waals surface area contributed by atoms with Gasteiger partial charge in [-0.1, -0.05) is 29.9 Å². The fourth-order valence-electron chi connectivity index (χ4n) is 3.97. The minimum atomic E-state index is -1.03. The first kappa shape index (κ1) is 27.2. The SMILES string of the molecule is CNC(=O)N(C/C=C/CCNNC1(c2ccc(F)c(OCC(C)(C)O)c2)CC1)C(C)(C)C=C1CC1. The summed E-state index contributed by atoms with van der Waals surface area (Å²) in [5.74, 6) is -0.282. The van der Waals surface area contributed by atoms with Gasteiger partial charge in [-0.3, -0.25) is 5.43 Å². The lowest BCUT2D eigenvalue weighted by Gasteiger charge is -2.35. The Labute approximate surface area is 208 Å². The summed E-state index contributed by atoms with van der Waals surface area (Å²) < 4.78 is 19.7. The number of allylic oxidation sites excluding steroid dienone is 1. The van der Waals surface area contributed by atoms with Crippen LogP contribution in [0.5, 0.6) is 5.75 Å². The smallest absolute Gasteiger partial charge is 0.318 e. The first-order chi connectivity index (χ1) is 16.5. The average Bonchev–Trinajstić information content (AvgIpc) is 3.71. The highest BCUT2D eigenvalue weighted by molar-refractivity contribution is 5.75. The molecule has 8 heteroatoms. The van der Waals surface area contributed by atoms with Crippen molar-refractivity contribution in [1.29, 1.82) is 0 Å². The number of benzene rings is 1. The molecule has 0 heterocycles. The Bertz CT molecular complexity index is 942. The summed E-state index contributed by atoms with van der Waals surface area (Å²) in [4.78, 5) is 14.2. The lowest BCUT2D eigenvalue weighted by molar-refractivity contribution is 0.0271. The van der Waals surface area contributed by atoms with Crippen molar-refractivity contribution in [2.45, 2.75) is 76.5 Å². The Morgan fingerprint density at radius 2 is 1.94 bits per heavy atom. The molecule has 3 rings (SSSR count). The van der Waals surface area contributed by atoms with E-state index in [1.807, 2.05) is 11.0 Å². The van der Waals surface area contributed by atoms with Gasteiger partial charge in [-0.25, -0.2) is 14.6 Å². The van der Waals surface area contributed by atoms with Crippen LogP contribution in [0.4, 0.5) is 9.18 Å². The summed E-state index contributed by atoms with van der Waals surface area (Å²) in [6.07, 6.45) is 11.3. The van der Waals surface area contributed by atoms with Crippen LogP contribution >= 0.6 is 0 Å². The van der Waals surface area contributed by atoms with Gasteiger partial charge in [0.1, 0.15) is 6.61 Å². The van der Waals surface area contributed by atoms with Gasteiger partial charge in [0.05, 0.1) is 16.7 Å². The normalized spacial score (nSPS) is 16.8. The van der Waals surface area contributed by atoms with Crippen molar-refractivity contribution >= 4 is 6.03 Å². The zero-order chi connectivity index (χ0) is 25.7. The first-order valence-electron chi connectivity index (χ1n) is 12.5. The summed E-state index contributed by atoms with van der Waals surface area (Å²) in [7, 11) is 1.66. The molecule has 4 N–H and O–H groups in total. The van der Waals surface area contributed by atoms with Crippen LogP contribution < -0.4 is 20.9 Å². The summed E-state index contributed by atoms with van der Waals surface area (Å²) in [5, 5.41) is 12.6. The van der Waals surface area contributed by atoms with Gasteiger partial charge in [-0.05, 0) is 77.5 Å². The number of nitrogens with one attached hydrogen (secondary N) is 3. The van der Waals surface area contributed by atoms with Crippen molar-refractivity contribution in [1.82, 2.24) is 21.1 Å². The van der Waals surface area contributed by atoms with Crippen LogP contribution in [0, 0.1) is 5.82 Å². The molecule has 0 radical (unpaired) electrons. The predicted octanol–water partition coefficient (Wildman–Crippen LogP) is 4.15. The van der Waals surface area contributed by atoms with Gasteiger partial charge in [0.15, 0.2) is 11.6 Å². The van der Waals surface area contributed by atoms with E-state index in [0.29, 0.717) is 6.54 Å². The first-order valence-corrected chi connectivity index (χ1v) is 12.5. The summed E-state index contributed by atoms with van der Waals surface area (Å²) in [6.45, 7) is 8.66. The summed E-state index contributed by atoms with van der Waals surface area (Å²) in [6, 6.07) is 4.82. The number of amides is 2. The summed E-state index contributed by atoms with van der Waals surface area (Å²) in [5.41, 5.74) is 7.44. The Hall–Kier alpha value is -2.42. The molecule has 0 unspecified atom stereocenters. The number of nitrogens with zero attached hydrogens (tertiary/aromatic N) is 1. The molecule has 2 fully saturated rings. The highest BCUT2D eigenvalue weighted by Gasteiger charge is 2.44. The van der Waals surface area contributed by atoms with E-state index >= 15 is 0 Å². The molecule has 0 spiro atoms. The molecule has 2 amide bonds. The van der Waals surface area contributed by atoms with Crippen LogP contribution in [-0.4, -0.2) is 53.9 Å². The number of hydrogen-bond acceptors (Lipinski definition) is 5. The van der Waals surface area contributed by atoms with Crippen LogP contribution in [0.15, 0.2) is 42.0 Å². The van der Waals surface area contributed by atoms with Crippen molar-refractivity contribution in [3.05, 3.63) is 53.4 Å². The van der Waals surface area contributed by atoms with Crippen molar-refractivity contribution in [3.8, 4) is 5.75 Å². The van der Waals surface area contributed by atoms with Crippen LogP contribution in [0.25, 0.3) is 0 Å². The number of hydrogen-bond donors (Lipinski definition) is 4. The number of carbonyl (C=O) groups is 1. The van der Waals surface area contributed by atoms with Crippen LogP contribution in [0.3, 0.4) is 0 Å². The number of hydrazine groups is 1. The standard InChI is InChI=1S/C27H41FN4O3/c1-25(2,18-20-9-10-20)32(24(33)29-5)16-8-6-7-15-30-31-27(13-14-27)21-11-12-22(28)23(17-21)35-19-26(3,4)34/h6,8,11-12,17-18,30-31,34H,7,9-10,13-16,19H2,1-5H3,(H,29,33)/b8-6+. The molecule has 0 saturated heterocycles. The van der Waals surface area contributed by atoms with E-state index in [-0.39, 0.29) is 29.5 Å². The Kier molecular flexibility index (Phi) is 8.62. The number of carbonyl (C=O) groups excluding carboxylic acids is 1. The van der Waals surface area contributed by atoms with Gasteiger partial charge in [0.25, 0.3) is 0 Å². The topological polar surface area (TPSA) is 85.9 Å². The van der Waals surface area contributed by atoms with Crippen LogP contribution in [0.1, 0.15) is 65.4 Å². The monoisotopic (exact) mass is 488 g/mol. The molecule has 7 nitrogen and oxygen atoms in total. The highest BCUT2D eigenvalue weighted by atomic mass is 19.1. The second kappa shape index (κ2) is 11.1. The molecule has 2 aliphatic carbocycles. The van der Waals surface area contributed by atoms with Crippen LogP contribution in [-0.2, 0) is 5.54 Å². The van der Waals surface area contributed by atoms with E-state index < -0.39 is 11.4 Å². The zero-order valence-electron chi connectivity index (χ0n) is 21.7. The number of rotatable bonds is 13. The van der Waals surface area contributed by atoms with Crippen molar-refractivity contribution in [2.24, 2.45) is 0 Å². The molecule has 0 bridgehead atoms. The van der Waals surface area contributed by atoms with E-state index in [1.54, 1.807) is 33.0 Å². The molecule has 194 valence electrons. The minimum absolute atomic E-state index is 0.0182. The maximum absolute atomic E-state index is 14.2. The Morgan fingerprint density at radius 3 is 2.54 bits per heavy atom. The van der Waals surface area contributed by atoms with Gasteiger partial charge in [-0.2, -0.15) is 0 Å². The second-order valence-corrected chi connectivity index (χ2v) is 10.8. The predicted molar refractivity (Wildman–Crippen MR) is 137 cm³/mol. The summed E-state index contributed by atoms with van der Waals surface area (Å²) >= 11 is 0. The second-order valence-electron chi connectivity index (χ2n) is 10.8. The lowest BCUT2D eigenvalue weighted by Crippen LogP contribution is -2.50. The molecule has 2 saturated carbocycles. The maximum Gasteiger partial charge on any atom is 0.318 e. The molecule has 1 aromatic carbocycles. The molecule has 1 aromatic rings. The van der Waals surface area contributed by atoms with Gasteiger partial charge >= 0.3 is 6.03 Å². The average molecular weight is 489 g/mol. The van der Waals surface area contributed by atoms with E-state index in [2.05, 4.69) is 42.2 Å². The lowest BCUT2D eigenvalue weighted by atomic mass is 10.0.